The molecule has 6 heteroatoms. The highest BCUT2D eigenvalue weighted by atomic mass is 16.5. The normalized spacial score (nSPS) is 10.1. The fourth-order valence-corrected chi connectivity index (χ4v) is 2.51. The van der Waals surface area contributed by atoms with E-state index in [9.17, 15) is 14.4 Å². The first-order chi connectivity index (χ1) is 12.4. The second-order valence-electron chi connectivity index (χ2n) is 5.84. The van der Waals surface area contributed by atoms with Crippen molar-refractivity contribution in [3.63, 3.8) is 0 Å². The zero-order valence-corrected chi connectivity index (χ0v) is 15.1. The highest BCUT2D eigenvalue weighted by molar-refractivity contribution is 6.02. The maximum absolute atomic E-state index is 12.4. The average Bonchev–Trinajstić information content (AvgIpc) is 2.65. The number of aryl methyl sites for hydroxylation is 1. The van der Waals surface area contributed by atoms with Gasteiger partial charge in [-0.1, -0.05) is 17.7 Å². The van der Waals surface area contributed by atoms with Gasteiger partial charge in [-0.25, -0.2) is 0 Å². The molecule has 0 spiro atoms. The molecule has 2 rings (SSSR count). The molecule has 2 amide bonds. The molecule has 2 N–H and O–H groups in total. The van der Waals surface area contributed by atoms with Crippen molar-refractivity contribution in [2.24, 2.45) is 0 Å². The zero-order valence-electron chi connectivity index (χ0n) is 15.1. The molecule has 0 heterocycles. The van der Waals surface area contributed by atoms with Crippen LogP contribution in [0.4, 0.5) is 5.69 Å². The summed E-state index contributed by atoms with van der Waals surface area (Å²) in [5.74, 6) is -0.180. The number of anilines is 1. The van der Waals surface area contributed by atoms with Crippen LogP contribution in [-0.2, 0) is 4.79 Å². The van der Waals surface area contributed by atoms with Gasteiger partial charge in [0.1, 0.15) is 5.75 Å². The third-order valence-corrected chi connectivity index (χ3v) is 3.87. The van der Waals surface area contributed by atoms with Crippen molar-refractivity contribution in [2.45, 2.75) is 19.8 Å². The van der Waals surface area contributed by atoms with Gasteiger partial charge >= 0.3 is 0 Å². The molecule has 26 heavy (non-hydrogen) atoms. The molecule has 0 atom stereocenters. The molecule has 0 saturated heterocycles. The van der Waals surface area contributed by atoms with E-state index in [2.05, 4.69) is 10.6 Å². The summed E-state index contributed by atoms with van der Waals surface area (Å²) in [4.78, 5) is 36.2. The Balaban J connectivity index is 1.98. The maximum atomic E-state index is 12.4. The molecule has 6 nitrogen and oxygen atoms in total. The summed E-state index contributed by atoms with van der Waals surface area (Å²) in [5.41, 5.74) is 2.38. The minimum absolute atomic E-state index is 0.0418. The van der Waals surface area contributed by atoms with Crippen LogP contribution in [0.2, 0.25) is 0 Å². The summed E-state index contributed by atoms with van der Waals surface area (Å²) >= 11 is 0. The van der Waals surface area contributed by atoms with E-state index in [1.54, 1.807) is 43.4 Å². The molecule has 2 aromatic carbocycles. The van der Waals surface area contributed by atoms with Crippen molar-refractivity contribution in [2.75, 3.05) is 19.5 Å². The van der Waals surface area contributed by atoms with E-state index in [4.69, 9.17) is 4.74 Å². The lowest BCUT2D eigenvalue weighted by Crippen LogP contribution is -2.18. The van der Waals surface area contributed by atoms with Crippen LogP contribution >= 0.6 is 0 Å². The number of hydrogen-bond donors (Lipinski definition) is 2. The highest BCUT2D eigenvalue weighted by Crippen LogP contribution is 2.22. The second kappa shape index (κ2) is 8.80. The van der Waals surface area contributed by atoms with Gasteiger partial charge in [0.25, 0.3) is 5.91 Å². The van der Waals surface area contributed by atoms with Crippen LogP contribution in [-0.4, -0.2) is 31.8 Å². The SMILES string of the molecule is CNC(=O)c1cccc(NC(=O)CCC(=O)c2cc(C)ccc2OC)c1. The summed E-state index contributed by atoms with van der Waals surface area (Å²) in [6.07, 6.45) is 0.112. The third kappa shape index (κ3) is 4.92. The van der Waals surface area contributed by atoms with Crippen LogP contribution < -0.4 is 15.4 Å². The molecule has 0 unspecified atom stereocenters. The monoisotopic (exact) mass is 354 g/mol. The molecule has 0 saturated carbocycles. The predicted octanol–water partition coefficient (Wildman–Crippen LogP) is 2.96. The number of ketones is 1. The van der Waals surface area contributed by atoms with E-state index in [-0.39, 0.29) is 30.4 Å². The van der Waals surface area contributed by atoms with Crippen LogP contribution in [0, 0.1) is 6.92 Å². The van der Waals surface area contributed by atoms with Crippen LogP contribution in [0.5, 0.6) is 5.75 Å². The zero-order chi connectivity index (χ0) is 19.1. The van der Waals surface area contributed by atoms with Gasteiger partial charge in [0.2, 0.25) is 5.91 Å². The van der Waals surface area contributed by atoms with Gasteiger partial charge in [0, 0.05) is 31.1 Å². The summed E-state index contributed by atoms with van der Waals surface area (Å²) in [5, 5.41) is 5.23. The van der Waals surface area contributed by atoms with Crippen molar-refractivity contribution in [3.8, 4) is 5.75 Å². The van der Waals surface area contributed by atoms with Crippen molar-refractivity contribution < 1.29 is 19.1 Å². The van der Waals surface area contributed by atoms with Crippen molar-refractivity contribution in [3.05, 3.63) is 59.2 Å². The molecule has 0 aromatic heterocycles. The lowest BCUT2D eigenvalue weighted by molar-refractivity contribution is -0.116. The number of nitrogens with one attached hydrogen (secondary N) is 2. The van der Waals surface area contributed by atoms with Crippen LogP contribution in [0.1, 0.15) is 39.1 Å². The van der Waals surface area contributed by atoms with Gasteiger partial charge in [0.05, 0.1) is 12.7 Å². The Bertz CT molecular complexity index is 830. The first-order valence-corrected chi connectivity index (χ1v) is 8.24. The van der Waals surface area contributed by atoms with Gasteiger partial charge in [-0.05, 0) is 37.3 Å². The highest BCUT2D eigenvalue weighted by Gasteiger charge is 2.14. The Labute approximate surface area is 152 Å². The van der Waals surface area contributed by atoms with Crippen LogP contribution in [0.15, 0.2) is 42.5 Å². The smallest absolute Gasteiger partial charge is 0.251 e. The lowest BCUT2D eigenvalue weighted by atomic mass is 10.0. The van der Waals surface area contributed by atoms with E-state index in [1.165, 1.54) is 7.11 Å². The number of methoxy groups -OCH3 is 1. The molecule has 0 fully saturated rings. The average molecular weight is 354 g/mol. The van der Waals surface area contributed by atoms with Gasteiger partial charge in [-0.3, -0.25) is 14.4 Å². The Morgan fingerprint density at radius 1 is 1.04 bits per heavy atom. The number of hydrogen-bond acceptors (Lipinski definition) is 4. The van der Waals surface area contributed by atoms with E-state index < -0.39 is 0 Å². The number of carbonyl (C=O) groups is 3. The van der Waals surface area contributed by atoms with Gasteiger partial charge in [0.15, 0.2) is 5.78 Å². The largest absolute Gasteiger partial charge is 0.496 e. The number of carbonyl (C=O) groups excluding carboxylic acids is 3. The van der Waals surface area contributed by atoms with Gasteiger partial charge < -0.3 is 15.4 Å². The van der Waals surface area contributed by atoms with Crippen LogP contribution in [0.25, 0.3) is 0 Å². The molecule has 0 radical (unpaired) electrons. The molecule has 0 aliphatic heterocycles. The fourth-order valence-electron chi connectivity index (χ4n) is 2.51. The number of ether oxygens (including phenoxy) is 1. The number of benzene rings is 2. The van der Waals surface area contributed by atoms with Crippen molar-refractivity contribution in [1.82, 2.24) is 5.32 Å². The Hall–Kier alpha value is -3.15. The van der Waals surface area contributed by atoms with Crippen molar-refractivity contribution in [1.29, 1.82) is 0 Å². The minimum atomic E-state index is -0.293. The topological polar surface area (TPSA) is 84.5 Å². The molecule has 0 bridgehead atoms. The van der Waals surface area contributed by atoms with Gasteiger partial charge in [-0.2, -0.15) is 0 Å². The predicted molar refractivity (Wildman–Crippen MR) is 99.8 cm³/mol. The maximum Gasteiger partial charge on any atom is 0.251 e. The number of amides is 2. The molecular formula is C20H22N2O4. The van der Waals surface area contributed by atoms with Crippen LogP contribution in [0.3, 0.4) is 0 Å². The first-order valence-electron chi connectivity index (χ1n) is 8.24. The van der Waals surface area contributed by atoms with E-state index >= 15 is 0 Å². The molecule has 136 valence electrons. The summed E-state index contributed by atoms with van der Waals surface area (Å²) in [7, 11) is 3.05. The lowest BCUT2D eigenvalue weighted by Gasteiger charge is -2.09. The molecule has 0 aliphatic rings. The Morgan fingerprint density at radius 2 is 1.81 bits per heavy atom. The molecule has 2 aromatic rings. The van der Waals surface area contributed by atoms with Crippen molar-refractivity contribution >= 4 is 23.3 Å². The van der Waals surface area contributed by atoms with E-state index in [0.29, 0.717) is 22.6 Å². The van der Waals surface area contributed by atoms with Gasteiger partial charge in [-0.15, -0.1) is 0 Å². The summed E-state index contributed by atoms with van der Waals surface area (Å²) in [6.45, 7) is 1.89. The fraction of sp³-hybridized carbons (Fsp3) is 0.250. The third-order valence-electron chi connectivity index (χ3n) is 3.87. The summed E-state index contributed by atoms with van der Waals surface area (Å²) < 4.78 is 5.21. The summed E-state index contributed by atoms with van der Waals surface area (Å²) in [6, 6.07) is 12.0. The Morgan fingerprint density at radius 3 is 2.50 bits per heavy atom. The quantitative estimate of drug-likeness (QED) is 0.749. The molecule has 0 aliphatic carbocycles. The minimum Gasteiger partial charge on any atom is -0.496 e. The standard InChI is InChI=1S/C20H22N2O4/c1-13-7-9-18(26-3)16(11-13)17(23)8-10-19(24)22-15-6-4-5-14(12-15)20(25)21-2/h4-7,9,11-12H,8,10H2,1-3H3,(H,21,25)(H,22,24). The number of rotatable bonds is 7. The molecular weight excluding hydrogens is 332 g/mol. The second-order valence-corrected chi connectivity index (χ2v) is 5.84. The first kappa shape index (κ1) is 19.2. The van der Waals surface area contributed by atoms with E-state index in [0.717, 1.165) is 5.56 Å². The van der Waals surface area contributed by atoms with E-state index in [1.807, 2.05) is 13.0 Å². The Kier molecular flexibility index (Phi) is 6.49. The number of Topliss-reactive ketones (excluding diaryl/α,β-unsaturated/α-hetero) is 1.